The molecule has 0 aliphatic rings. The topological polar surface area (TPSA) is 129 Å². The summed E-state index contributed by atoms with van der Waals surface area (Å²) in [5.41, 5.74) is 10.9. The van der Waals surface area contributed by atoms with E-state index in [1.807, 2.05) is 19.3 Å². The van der Waals surface area contributed by atoms with E-state index in [-0.39, 0.29) is 24.6 Å². The fraction of sp³-hybridized carbons (Fsp3) is 0.259. The van der Waals surface area contributed by atoms with Gasteiger partial charge in [0.1, 0.15) is 40.9 Å². The molecule has 0 unspecified atom stereocenters. The van der Waals surface area contributed by atoms with Gasteiger partial charge >= 0.3 is 0 Å². The van der Waals surface area contributed by atoms with Crippen molar-refractivity contribution in [3.05, 3.63) is 70.6 Å². The number of benzene rings is 1. The number of aromatic nitrogens is 2. The lowest BCUT2D eigenvalue weighted by Crippen LogP contribution is -2.04. The second-order valence-corrected chi connectivity index (χ2v) is 9.13. The minimum absolute atomic E-state index is 0.0758. The number of nitrogen functional groups attached to an aromatic ring is 1. The highest BCUT2D eigenvalue weighted by atomic mass is 32.2. The Balaban J connectivity index is 2.02. The summed E-state index contributed by atoms with van der Waals surface area (Å²) >= 11 is 1.39. The number of ether oxygens (including phenoxy) is 1. The lowest BCUT2D eigenvalue weighted by atomic mass is 9.97. The Labute approximate surface area is 209 Å². The van der Waals surface area contributed by atoms with E-state index < -0.39 is 0 Å². The zero-order valence-electron chi connectivity index (χ0n) is 19.9. The molecule has 178 valence electrons. The van der Waals surface area contributed by atoms with Crippen LogP contribution >= 0.6 is 11.8 Å². The van der Waals surface area contributed by atoms with Crippen LogP contribution in [0.25, 0.3) is 17.2 Å². The number of hydrogen-bond donors (Lipinski definition) is 2. The number of pyridine rings is 2. The lowest BCUT2D eigenvalue weighted by Gasteiger charge is -2.14. The molecule has 0 aliphatic carbocycles. The summed E-state index contributed by atoms with van der Waals surface area (Å²) in [6, 6.07) is 11.3. The summed E-state index contributed by atoms with van der Waals surface area (Å²) in [6.07, 6.45) is 7.90. The largest absolute Gasteiger partial charge is 0.491 e. The molecule has 3 aromatic rings. The van der Waals surface area contributed by atoms with E-state index >= 15 is 0 Å². The van der Waals surface area contributed by atoms with E-state index in [1.165, 1.54) is 11.8 Å². The lowest BCUT2D eigenvalue weighted by molar-refractivity contribution is 0.201. The van der Waals surface area contributed by atoms with E-state index in [4.69, 9.17) is 15.6 Å². The van der Waals surface area contributed by atoms with Crippen LogP contribution in [0.5, 0.6) is 5.75 Å². The van der Waals surface area contributed by atoms with Crippen LogP contribution in [0.3, 0.4) is 0 Å². The SMILES string of the molecule is Cc1cncc(CSc2nc(N)c(C#N)c(-c3ccc(OCCO)cc3)c2C#N)c1/C=C\C(C)C. The number of nitrogens with zero attached hydrogens (tertiary/aromatic N) is 4. The van der Waals surface area contributed by atoms with Gasteiger partial charge in [-0.25, -0.2) is 4.98 Å². The number of rotatable bonds is 9. The standard InChI is InChI=1S/C27H27N5O2S/c1-17(2)4-9-22-18(3)14-31-15-20(22)16-35-27-24(13-29)25(23(12-28)26(30)32-27)19-5-7-21(8-6-19)34-11-10-33/h4-9,14-15,17,33H,10-11,16H2,1-3H3,(H2,30,32)/b9-4-. The van der Waals surface area contributed by atoms with Gasteiger partial charge in [0.15, 0.2) is 0 Å². The molecule has 3 N–H and O–H groups in total. The molecule has 7 nitrogen and oxygen atoms in total. The quantitative estimate of drug-likeness (QED) is 0.400. The summed E-state index contributed by atoms with van der Waals surface area (Å²) in [7, 11) is 0. The maximum absolute atomic E-state index is 10.1. The maximum Gasteiger partial charge on any atom is 0.143 e. The first-order valence-electron chi connectivity index (χ1n) is 11.1. The number of nitrogens with two attached hydrogens (primary N) is 1. The van der Waals surface area contributed by atoms with Gasteiger partial charge in [0, 0.05) is 23.7 Å². The number of nitriles is 2. The molecule has 0 atom stereocenters. The minimum Gasteiger partial charge on any atom is -0.491 e. The highest BCUT2D eigenvalue weighted by Gasteiger charge is 2.21. The van der Waals surface area contributed by atoms with Crippen molar-refractivity contribution >= 4 is 23.7 Å². The average Bonchev–Trinajstić information content (AvgIpc) is 2.85. The highest BCUT2D eigenvalue weighted by Crippen LogP contribution is 2.37. The Morgan fingerprint density at radius 3 is 2.49 bits per heavy atom. The molecule has 35 heavy (non-hydrogen) atoms. The zero-order chi connectivity index (χ0) is 25.4. The van der Waals surface area contributed by atoms with E-state index in [9.17, 15) is 10.5 Å². The van der Waals surface area contributed by atoms with Crippen LogP contribution in [0, 0.1) is 35.5 Å². The molecule has 0 saturated heterocycles. The van der Waals surface area contributed by atoms with Crippen molar-refractivity contribution in [3.63, 3.8) is 0 Å². The number of thioether (sulfide) groups is 1. The van der Waals surface area contributed by atoms with E-state index in [1.54, 1.807) is 24.3 Å². The molecule has 0 bridgehead atoms. The molecule has 0 radical (unpaired) electrons. The van der Waals surface area contributed by atoms with Gasteiger partial charge in [-0.15, -0.1) is 11.8 Å². The molecular weight excluding hydrogens is 458 g/mol. The van der Waals surface area contributed by atoms with Gasteiger partial charge in [0.2, 0.25) is 0 Å². The number of hydrogen-bond acceptors (Lipinski definition) is 8. The van der Waals surface area contributed by atoms with Crippen LogP contribution in [0.4, 0.5) is 5.82 Å². The van der Waals surface area contributed by atoms with Gasteiger partial charge in [-0.2, -0.15) is 10.5 Å². The first-order chi connectivity index (χ1) is 16.9. The first kappa shape index (κ1) is 25.8. The van der Waals surface area contributed by atoms with E-state index in [0.29, 0.717) is 39.1 Å². The van der Waals surface area contributed by atoms with Gasteiger partial charge in [-0.1, -0.05) is 38.1 Å². The molecule has 8 heteroatoms. The summed E-state index contributed by atoms with van der Waals surface area (Å²) in [5, 5.41) is 29.2. The van der Waals surface area contributed by atoms with Crippen molar-refractivity contribution in [2.45, 2.75) is 31.6 Å². The third-order valence-electron chi connectivity index (χ3n) is 5.20. The monoisotopic (exact) mass is 485 g/mol. The normalized spacial score (nSPS) is 10.9. The third-order valence-corrected chi connectivity index (χ3v) is 6.22. The first-order valence-corrected chi connectivity index (χ1v) is 12.1. The average molecular weight is 486 g/mol. The summed E-state index contributed by atoms with van der Waals surface area (Å²) in [6.45, 7) is 6.35. The van der Waals surface area contributed by atoms with Gasteiger partial charge in [0.05, 0.1) is 12.2 Å². The Kier molecular flexibility index (Phi) is 8.86. The number of anilines is 1. The zero-order valence-corrected chi connectivity index (χ0v) is 20.8. The Hall–Kier alpha value is -3.85. The molecule has 2 aromatic heterocycles. The molecule has 0 fully saturated rings. The molecule has 0 aliphatic heterocycles. The number of aliphatic hydroxyl groups excluding tert-OH is 1. The van der Waals surface area contributed by atoms with Crippen LogP contribution in [-0.4, -0.2) is 28.3 Å². The molecule has 3 rings (SSSR count). The van der Waals surface area contributed by atoms with Crippen molar-refractivity contribution in [2.75, 3.05) is 18.9 Å². The fourth-order valence-electron chi connectivity index (χ4n) is 3.49. The van der Waals surface area contributed by atoms with Crippen LogP contribution in [0.1, 0.15) is 41.7 Å². The van der Waals surface area contributed by atoms with Crippen LogP contribution in [-0.2, 0) is 5.75 Å². The Morgan fingerprint density at radius 1 is 1.14 bits per heavy atom. The van der Waals surface area contributed by atoms with E-state index in [2.05, 4.69) is 48.1 Å². The maximum atomic E-state index is 10.1. The second kappa shape index (κ2) is 12.0. The van der Waals surface area contributed by atoms with Crippen molar-refractivity contribution in [2.24, 2.45) is 5.92 Å². The molecule has 0 saturated carbocycles. The van der Waals surface area contributed by atoms with Gasteiger partial charge < -0.3 is 15.6 Å². The van der Waals surface area contributed by atoms with Crippen LogP contribution in [0.2, 0.25) is 0 Å². The van der Waals surface area contributed by atoms with Crippen molar-refractivity contribution < 1.29 is 9.84 Å². The fourth-order valence-corrected chi connectivity index (χ4v) is 4.47. The Morgan fingerprint density at radius 2 is 1.86 bits per heavy atom. The molecule has 0 amide bonds. The molecular formula is C27H27N5O2S. The van der Waals surface area contributed by atoms with Crippen molar-refractivity contribution in [1.82, 2.24) is 9.97 Å². The van der Waals surface area contributed by atoms with Gasteiger partial charge in [-0.05, 0) is 47.2 Å². The van der Waals surface area contributed by atoms with Crippen LogP contribution in [0.15, 0.2) is 47.8 Å². The number of aryl methyl sites for hydroxylation is 1. The summed E-state index contributed by atoms with van der Waals surface area (Å²) < 4.78 is 5.42. The van der Waals surface area contributed by atoms with Gasteiger partial charge in [0.25, 0.3) is 0 Å². The summed E-state index contributed by atoms with van der Waals surface area (Å²) in [4.78, 5) is 8.74. The third kappa shape index (κ3) is 6.19. The Bertz CT molecular complexity index is 1310. The number of aliphatic hydroxyl groups is 1. The smallest absolute Gasteiger partial charge is 0.143 e. The van der Waals surface area contributed by atoms with E-state index in [0.717, 1.165) is 16.7 Å². The second-order valence-electron chi connectivity index (χ2n) is 8.17. The highest BCUT2D eigenvalue weighted by molar-refractivity contribution is 7.98. The molecule has 1 aromatic carbocycles. The number of allylic oxidation sites excluding steroid dienone is 1. The molecule has 0 spiro atoms. The van der Waals surface area contributed by atoms with Gasteiger partial charge in [-0.3, -0.25) is 4.98 Å². The molecule has 2 heterocycles. The van der Waals surface area contributed by atoms with Crippen LogP contribution < -0.4 is 10.5 Å². The summed E-state index contributed by atoms with van der Waals surface area (Å²) in [5.74, 6) is 1.60. The predicted molar refractivity (Wildman–Crippen MR) is 139 cm³/mol. The van der Waals surface area contributed by atoms with Crippen molar-refractivity contribution in [1.29, 1.82) is 10.5 Å². The minimum atomic E-state index is -0.0914. The van der Waals surface area contributed by atoms with Crippen molar-refractivity contribution in [3.8, 4) is 29.0 Å². The predicted octanol–water partition coefficient (Wildman–Crippen LogP) is 5.11.